The highest BCUT2D eigenvalue weighted by Gasteiger charge is 2.23. The van der Waals surface area contributed by atoms with Gasteiger partial charge in [0.15, 0.2) is 0 Å². The Morgan fingerprint density at radius 2 is 2.11 bits per heavy atom. The fourth-order valence-electron chi connectivity index (χ4n) is 3.10. The maximum atomic E-state index is 4.41. The predicted octanol–water partition coefficient (Wildman–Crippen LogP) is 2.26. The lowest BCUT2D eigenvalue weighted by Crippen LogP contribution is -2.39. The molecule has 1 fully saturated rings. The van der Waals surface area contributed by atoms with Gasteiger partial charge in [-0.15, -0.1) is 0 Å². The van der Waals surface area contributed by atoms with Crippen LogP contribution in [-0.2, 0) is 13.1 Å². The van der Waals surface area contributed by atoms with E-state index in [1.807, 2.05) is 6.20 Å². The van der Waals surface area contributed by atoms with Gasteiger partial charge in [-0.1, -0.05) is 6.92 Å². The number of nitrogens with zero attached hydrogens (tertiary/aromatic N) is 3. The summed E-state index contributed by atoms with van der Waals surface area (Å²) in [5.41, 5.74) is 1.35. The molecule has 0 aliphatic heterocycles. The highest BCUT2D eigenvalue weighted by Crippen LogP contribution is 2.23. The van der Waals surface area contributed by atoms with E-state index >= 15 is 0 Å². The zero-order valence-corrected chi connectivity index (χ0v) is 12.6. The quantitative estimate of drug-likeness (QED) is 0.855. The van der Waals surface area contributed by atoms with E-state index in [9.17, 15) is 0 Å². The van der Waals surface area contributed by atoms with Crippen LogP contribution in [0.1, 0.15) is 44.7 Å². The van der Waals surface area contributed by atoms with Gasteiger partial charge >= 0.3 is 0 Å². The Morgan fingerprint density at radius 1 is 1.37 bits per heavy atom. The molecule has 0 saturated heterocycles. The van der Waals surface area contributed by atoms with Crippen LogP contribution in [0.15, 0.2) is 12.3 Å². The number of aromatic nitrogens is 2. The van der Waals surface area contributed by atoms with Crippen molar-refractivity contribution in [1.29, 1.82) is 0 Å². The van der Waals surface area contributed by atoms with Crippen LogP contribution < -0.4 is 5.32 Å². The lowest BCUT2D eigenvalue weighted by Gasteiger charge is -2.34. The summed E-state index contributed by atoms with van der Waals surface area (Å²) >= 11 is 0. The SMILES string of the molecule is CCCn1nccc1CN(C)C1CCC(NC)CC1. The van der Waals surface area contributed by atoms with Crippen LogP contribution in [0.5, 0.6) is 0 Å². The van der Waals surface area contributed by atoms with Crippen molar-refractivity contribution in [3.05, 3.63) is 18.0 Å². The van der Waals surface area contributed by atoms with Crippen molar-refractivity contribution in [1.82, 2.24) is 20.0 Å². The van der Waals surface area contributed by atoms with Gasteiger partial charge in [0.25, 0.3) is 0 Å². The molecule has 1 aromatic rings. The molecule has 108 valence electrons. The van der Waals surface area contributed by atoms with E-state index in [-0.39, 0.29) is 0 Å². The minimum atomic E-state index is 0.731. The fourth-order valence-corrected chi connectivity index (χ4v) is 3.10. The summed E-state index contributed by atoms with van der Waals surface area (Å²) in [5.74, 6) is 0. The second kappa shape index (κ2) is 7.06. The van der Waals surface area contributed by atoms with Gasteiger partial charge in [-0.3, -0.25) is 9.58 Å². The molecule has 0 atom stereocenters. The first kappa shape index (κ1) is 14.5. The Kier molecular flexibility index (Phi) is 5.40. The minimum absolute atomic E-state index is 0.731. The first-order valence-electron chi connectivity index (χ1n) is 7.62. The Hall–Kier alpha value is -0.870. The van der Waals surface area contributed by atoms with Crippen LogP contribution in [0.2, 0.25) is 0 Å². The van der Waals surface area contributed by atoms with Crippen LogP contribution in [0, 0.1) is 0 Å². The van der Waals surface area contributed by atoms with Crippen LogP contribution in [0.3, 0.4) is 0 Å². The number of aryl methyl sites for hydroxylation is 1. The number of hydrogen-bond donors (Lipinski definition) is 1. The Labute approximate surface area is 117 Å². The number of rotatable bonds is 6. The van der Waals surface area contributed by atoms with Gasteiger partial charge in [-0.25, -0.2) is 0 Å². The molecule has 0 radical (unpaired) electrons. The van der Waals surface area contributed by atoms with E-state index < -0.39 is 0 Å². The van der Waals surface area contributed by atoms with Crippen LogP contribution in [0.25, 0.3) is 0 Å². The molecule has 2 rings (SSSR count). The molecular formula is C15H28N4. The molecule has 19 heavy (non-hydrogen) atoms. The molecule has 0 aromatic carbocycles. The van der Waals surface area contributed by atoms with Crippen LogP contribution >= 0.6 is 0 Å². The third-order valence-corrected chi connectivity index (χ3v) is 4.38. The summed E-state index contributed by atoms with van der Waals surface area (Å²) in [6.07, 6.45) is 8.30. The molecule has 0 spiro atoms. The molecule has 1 N–H and O–H groups in total. The average Bonchev–Trinajstić information content (AvgIpc) is 2.86. The maximum absolute atomic E-state index is 4.41. The Bertz CT molecular complexity index is 366. The Morgan fingerprint density at radius 3 is 2.74 bits per heavy atom. The van der Waals surface area contributed by atoms with Gasteiger partial charge in [0.05, 0.1) is 5.69 Å². The molecule has 1 aliphatic carbocycles. The van der Waals surface area contributed by atoms with Gasteiger partial charge in [-0.2, -0.15) is 5.10 Å². The van der Waals surface area contributed by atoms with Crippen molar-refractivity contribution in [3.8, 4) is 0 Å². The van der Waals surface area contributed by atoms with E-state index in [1.54, 1.807) is 0 Å². The lowest BCUT2D eigenvalue weighted by molar-refractivity contribution is 0.166. The molecule has 0 unspecified atom stereocenters. The molecule has 4 nitrogen and oxygen atoms in total. The maximum Gasteiger partial charge on any atom is 0.0524 e. The molecule has 4 heteroatoms. The third kappa shape index (κ3) is 3.80. The number of nitrogens with one attached hydrogen (secondary N) is 1. The van der Waals surface area contributed by atoms with Gasteiger partial charge in [-0.05, 0) is 52.3 Å². The number of hydrogen-bond acceptors (Lipinski definition) is 3. The van der Waals surface area contributed by atoms with Gasteiger partial charge in [0, 0.05) is 31.4 Å². The zero-order chi connectivity index (χ0) is 13.7. The molecule has 0 amide bonds. The van der Waals surface area contributed by atoms with Crippen molar-refractivity contribution in [2.75, 3.05) is 14.1 Å². The van der Waals surface area contributed by atoms with E-state index in [2.05, 4.69) is 47.1 Å². The third-order valence-electron chi connectivity index (χ3n) is 4.38. The Balaban J connectivity index is 1.87. The molecular weight excluding hydrogens is 236 g/mol. The molecule has 1 aliphatic rings. The van der Waals surface area contributed by atoms with Gasteiger partial charge in [0.1, 0.15) is 0 Å². The summed E-state index contributed by atoms with van der Waals surface area (Å²) < 4.78 is 2.15. The molecule has 1 aromatic heterocycles. The molecule has 0 bridgehead atoms. The summed E-state index contributed by atoms with van der Waals surface area (Å²) in [6, 6.07) is 3.62. The summed E-state index contributed by atoms with van der Waals surface area (Å²) in [4.78, 5) is 2.51. The minimum Gasteiger partial charge on any atom is -0.317 e. The summed E-state index contributed by atoms with van der Waals surface area (Å²) in [5, 5.41) is 7.81. The second-order valence-electron chi connectivity index (χ2n) is 5.75. The standard InChI is InChI=1S/C15H28N4/c1-4-11-19-15(9-10-17-19)12-18(3)14-7-5-13(16-2)6-8-14/h9-10,13-14,16H,4-8,11-12H2,1-3H3. The van der Waals surface area contributed by atoms with Gasteiger partial charge in [0.2, 0.25) is 0 Å². The van der Waals surface area contributed by atoms with Crippen molar-refractivity contribution < 1.29 is 0 Å². The van der Waals surface area contributed by atoms with E-state index in [0.717, 1.165) is 31.6 Å². The van der Waals surface area contributed by atoms with Crippen molar-refractivity contribution in [2.45, 2.75) is 64.2 Å². The highest BCUT2D eigenvalue weighted by molar-refractivity contribution is 5.01. The first-order valence-corrected chi connectivity index (χ1v) is 7.62. The van der Waals surface area contributed by atoms with Crippen LogP contribution in [0.4, 0.5) is 0 Å². The first-order chi connectivity index (χ1) is 9.24. The lowest BCUT2D eigenvalue weighted by atomic mass is 9.90. The van der Waals surface area contributed by atoms with E-state index in [4.69, 9.17) is 0 Å². The van der Waals surface area contributed by atoms with Crippen LogP contribution in [-0.4, -0.2) is 40.9 Å². The summed E-state index contributed by atoms with van der Waals surface area (Å²) in [6.45, 7) is 4.26. The predicted molar refractivity (Wildman–Crippen MR) is 79.1 cm³/mol. The highest BCUT2D eigenvalue weighted by atomic mass is 15.3. The summed E-state index contributed by atoms with van der Waals surface area (Å²) in [7, 11) is 4.34. The van der Waals surface area contributed by atoms with Crippen molar-refractivity contribution in [3.63, 3.8) is 0 Å². The smallest absolute Gasteiger partial charge is 0.0524 e. The van der Waals surface area contributed by atoms with Gasteiger partial charge < -0.3 is 5.32 Å². The van der Waals surface area contributed by atoms with E-state index in [1.165, 1.54) is 31.4 Å². The largest absolute Gasteiger partial charge is 0.317 e. The second-order valence-corrected chi connectivity index (χ2v) is 5.75. The van der Waals surface area contributed by atoms with Crippen molar-refractivity contribution in [2.24, 2.45) is 0 Å². The van der Waals surface area contributed by atoms with Crippen molar-refractivity contribution >= 4 is 0 Å². The monoisotopic (exact) mass is 264 g/mol. The molecule has 1 saturated carbocycles. The zero-order valence-electron chi connectivity index (χ0n) is 12.6. The molecule has 1 heterocycles. The van der Waals surface area contributed by atoms with E-state index in [0.29, 0.717) is 0 Å². The normalized spacial score (nSPS) is 24.0. The topological polar surface area (TPSA) is 33.1 Å². The fraction of sp³-hybridized carbons (Fsp3) is 0.800. The average molecular weight is 264 g/mol.